The van der Waals surface area contributed by atoms with Gasteiger partial charge >= 0.3 is 0 Å². The standard InChI is InChI=1S/C22H16Cl2N2O/c1-14(19-9-8-17(23)12-20(19)24)22(27)15-7-10-21-16(11-15)13-25-26(21)18-5-3-2-4-6-18/h2-14H,1H3. The zero-order valence-electron chi connectivity index (χ0n) is 14.6. The molecule has 3 nitrogen and oxygen atoms in total. The van der Waals surface area contributed by atoms with Crippen LogP contribution >= 0.6 is 23.2 Å². The van der Waals surface area contributed by atoms with Crippen LogP contribution in [0.4, 0.5) is 0 Å². The van der Waals surface area contributed by atoms with Gasteiger partial charge in [0.1, 0.15) is 0 Å². The van der Waals surface area contributed by atoms with E-state index in [1.54, 1.807) is 24.4 Å². The van der Waals surface area contributed by atoms with Crippen molar-refractivity contribution < 1.29 is 4.79 Å². The molecule has 27 heavy (non-hydrogen) atoms. The number of ketones is 1. The molecule has 5 heteroatoms. The fraction of sp³-hybridized carbons (Fsp3) is 0.0909. The zero-order chi connectivity index (χ0) is 19.0. The third kappa shape index (κ3) is 3.36. The molecule has 0 saturated carbocycles. The minimum Gasteiger partial charge on any atom is -0.294 e. The Labute approximate surface area is 167 Å². The van der Waals surface area contributed by atoms with E-state index in [4.69, 9.17) is 23.2 Å². The van der Waals surface area contributed by atoms with Gasteiger partial charge in [-0.2, -0.15) is 5.10 Å². The molecule has 1 unspecified atom stereocenters. The number of rotatable bonds is 4. The molecule has 0 amide bonds. The van der Waals surface area contributed by atoms with Gasteiger partial charge in [0, 0.05) is 26.9 Å². The second kappa shape index (κ2) is 7.18. The molecule has 1 aromatic heterocycles. The highest BCUT2D eigenvalue weighted by Gasteiger charge is 2.20. The smallest absolute Gasteiger partial charge is 0.170 e. The van der Waals surface area contributed by atoms with E-state index in [1.807, 2.05) is 60.1 Å². The second-order valence-electron chi connectivity index (χ2n) is 6.42. The monoisotopic (exact) mass is 394 g/mol. The number of benzene rings is 3. The number of para-hydroxylation sites is 1. The minimum atomic E-state index is -0.364. The summed E-state index contributed by atoms with van der Waals surface area (Å²) in [5.74, 6) is -0.357. The first-order chi connectivity index (χ1) is 13.0. The number of halogens is 2. The first-order valence-corrected chi connectivity index (χ1v) is 9.32. The average Bonchev–Trinajstić information content (AvgIpc) is 3.11. The fourth-order valence-corrected chi connectivity index (χ4v) is 3.78. The number of fused-ring (bicyclic) bond motifs is 1. The van der Waals surface area contributed by atoms with Gasteiger partial charge in [-0.05, 0) is 48.0 Å². The average molecular weight is 395 g/mol. The third-order valence-electron chi connectivity index (χ3n) is 4.68. The summed E-state index contributed by atoms with van der Waals surface area (Å²) in [6, 6.07) is 20.8. The lowest BCUT2D eigenvalue weighted by atomic mass is 9.92. The van der Waals surface area contributed by atoms with Crippen LogP contribution in [-0.2, 0) is 0 Å². The van der Waals surface area contributed by atoms with Gasteiger partial charge in [-0.1, -0.05) is 54.4 Å². The largest absolute Gasteiger partial charge is 0.294 e. The Kier molecular flexibility index (Phi) is 4.73. The van der Waals surface area contributed by atoms with Crippen molar-refractivity contribution in [3.8, 4) is 5.69 Å². The Morgan fingerprint density at radius 1 is 1.00 bits per heavy atom. The highest BCUT2D eigenvalue weighted by atomic mass is 35.5. The summed E-state index contributed by atoms with van der Waals surface area (Å²) in [6.07, 6.45) is 1.78. The van der Waals surface area contributed by atoms with E-state index in [0.29, 0.717) is 15.6 Å². The van der Waals surface area contributed by atoms with E-state index in [1.165, 1.54) is 0 Å². The Bertz CT molecular complexity index is 1140. The van der Waals surface area contributed by atoms with Crippen LogP contribution in [0.5, 0.6) is 0 Å². The molecule has 0 radical (unpaired) electrons. The lowest BCUT2D eigenvalue weighted by Gasteiger charge is -2.13. The molecule has 0 bridgehead atoms. The Morgan fingerprint density at radius 3 is 2.52 bits per heavy atom. The molecule has 0 saturated heterocycles. The maximum atomic E-state index is 13.0. The van der Waals surface area contributed by atoms with Crippen LogP contribution in [0.15, 0.2) is 72.9 Å². The van der Waals surface area contributed by atoms with Crippen LogP contribution in [0.2, 0.25) is 10.0 Å². The lowest BCUT2D eigenvalue weighted by molar-refractivity contribution is 0.0966. The molecule has 0 N–H and O–H groups in total. The summed E-state index contributed by atoms with van der Waals surface area (Å²) in [6.45, 7) is 1.86. The van der Waals surface area contributed by atoms with Crippen molar-refractivity contribution in [2.75, 3.05) is 0 Å². The molecule has 0 aliphatic rings. The van der Waals surface area contributed by atoms with Crippen molar-refractivity contribution in [2.45, 2.75) is 12.8 Å². The van der Waals surface area contributed by atoms with E-state index in [9.17, 15) is 4.79 Å². The van der Waals surface area contributed by atoms with Crippen LogP contribution in [0.25, 0.3) is 16.6 Å². The molecule has 0 aliphatic heterocycles. The topological polar surface area (TPSA) is 34.9 Å². The van der Waals surface area contributed by atoms with E-state index >= 15 is 0 Å². The summed E-state index contributed by atoms with van der Waals surface area (Å²) in [7, 11) is 0. The van der Waals surface area contributed by atoms with Crippen LogP contribution < -0.4 is 0 Å². The van der Waals surface area contributed by atoms with Crippen molar-refractivity contribution in [1.29, 1.82) is 0 Å². The number of aromatic nitrogens is 2. The van der Waals surface area contributed by atoms with Gasteiger partial charge in [0.2, 0.25) is 0 Å². The van der Waals surface area contributed by atoms with E-state index in [2.05, 4.69) is 5.10 Å². The molecule has 4 rings (SSSR count). The maximum absolute atomic E-state index is 13.0. The van der Waals surface area contributed by atoms with Crippen molar-refractivity contribution in [3.05, 3.63) is 94.1 Å². The van der Waals surface area contributed by atoms with Gasteiger partial charge in [0.05, 0.1) is 17.4 Å². The number of hydrogen-bond acceptors (Lipinski definition) is 2. The highest BCUT2D eigenvalue weighted by Crippen LogP contribution is 2.30. The van der Waals surface area contributed by atoms with Crippen molar-refractivity contribution >= 4 is 39.9 Å². The van der Waals surface area contributed by atoms with Gasteiger partial charge in [-0.25, -0.2) is 4.68 Å². The molecule has 0 aliphatic carbocycles. The molecule has 1 atom stereocenters. The first kappa shape index (κ1) is 17.8. The molecular weight excluding hydrogens is 379 g/mol. The Balaban J connectivity index is 1.69. The Hall–Kier alpha value is -2.62. The predicted molar refractivity (Wildman–Crippen MR) is 110 cm³/mol. The normalized spacial score (nSPS) is 12.3. The Morgan fingerprint density at radius 2 is 1.78 bits per heavy atom. The fourth-order valence-electron chi connectivity index (χ4n) is 3.21. The van der Waals surface area contributed by atoms with Gasteiger partial charge in [-0.15, -0.1) is 0 Å². The second-order valence-corrected chi connectivity index (χ2v) is 7.26. The third-order valence-corrected chi connectivity index (χ3v) is 5.24. The van der Waals surface area contributed by atoms with Crippen LogP contribution in [0, 0.1) is 0 Å². The summed E-state index contributed by atoms with van der Waals surface area (Å²) in [4.78, 5) is 13.0. The molecule has 134 valence electrons. The summed E-state index contributed by atoms with van der Waals surface area (Å²) in [5, 5.41) is 6.43. The number of carbonyl (C=O) groups excluding carboxylic acids is 1. The predicted octanol–water partition coefficient (Wildman–Crippen LogP) is 6.32. The van der Waals surface area contributed by atoms with E-state index in [-0.39, 0.29) is 11.7 Å². The van der Waals surface area contributed by atoms with Gasteiger partial charge in [-0.3, -0.25) is 4.79 Å². The number of hydrogen-bond donors (Lipinski definition) is 0. The van der Waals surface area contributed by atoms with E-state index < -0.39 is 0 Å². The summed E-state index contributed by atoms with van der Waals surface area (Å²) >= 11 is 12.2. The highest BCUT2D eigenvalue weighted by molar-refractivity contribution is 6.35. The number of carbonyl (C=O) groups is 1. The van der Waals surface area contributed by atoms with Crippen LogP contribution in [0.3, 0.4) is 0 Å². The number of nitrogens with zero attached hydrogens (tertiary/aromatic N) is 2. The quantitative estimate of drug-likeness (QED) is 0.379. The molecule has 0 fully saturated rings. The summed E-state index contributed by atoms with van der Waals surface area (Å²) < 4.78 is 1.86. The molecule has 1 heterocycles. The van der Waals surface area contributed by atoms with Gasteiger partial charge in [0.15, 0.2) is 5.78 Å². The number of Topliss-reactive ketones (excluding diaryl/α,β-unsaturated/α-hetero) is 1. The zero-order valence-corrected chi connectivity index (χ0v) is 16.1. The van der Waals surface area contributed by atoms with E-state index in [0.717, 1.165) is 22.2 Å². The summed E-state index contributed by atoms with van der Waals surface area (Å²) in [5.41, 5.74) is 3.34. The van der Waals surface area contributed by atoms with Crippen molar-refractivity contribution in [1.82, 2.24) is 9.78 Å². The van der Waals surface area contributed by atoms with Crippen molar-refractivity contribution in [3.63, 3.8) is 0 Å². The van der Waals surface area contributed by atoms with Gasteiger partial charge in [0.25, 0.3) is 0 Å². The SMILES string of the molecule is CC(C(=O)c1ccc2c(cnn2-c2ccccc2)c1)c1ccc(Cl)cc1Cl. The molecule has 0 spiro atoms. The van der Waals surface area contributed by atoms with Crippen LogP contribution in [-0.4, -0.2) is 15.6 Å². The van der Waals surface area contributed by atoms with Gasteiger partial charge < -0.3 is 0 Å². The molecule has 3 aromatic carbocycles. The maximum Gasteiger partial charge on any atom is 0.170 e. The minimum absolute atomic E-state index is 0.00795. The first-order valence-electron chi connectivity index (χ1n) is 8.57. The molecular formula is C22H16Cl2N2O. The molecule has 4 aromatic rings. The van der Waals surface area contributed by atoms with Crippen molar-refractivity contribution in [2.24, 2.45) is 0 Å². The van der Waals surface area contributed by atoms with Crippen LogP contribution in [0.1, 0.15) is 28.8 Å². The lowest BCUT2D eigenvalue weighted by Crippen LogP contribution is -2.10.